The third-order valence-electron chi connectivity index (χ3n) is 1.75. The van der Waals surface area contributed by atoms with Gasteiger partial charge in [-0.3, -0.25) is 0 Å². The maximum atomic E-state index is 10.8. The monoisotopic (exact) mass is 199 g/mol. The maximum Gasteiger partial charge on any atom is 0.337 e. The molecule has 1 atom stereocenters. The van der Waals surface area contributed by atoms with E-state index >= 15 is 0 Å². The minimum absolute atomic E-state index is 0.0965. The molecule has 4 heteroatoms. The zero-order chi connectivity index (χ0) is 10.0. The molecule has 3 N–H and O–H groups in total. The Bertz CT molecular complexity index is 336. The Morgan fingerprint density at radius 2 is 2.23 bits per heavy atom. The predicted molar refractivity (Wildman–Crippen MR) is 51.0 cm³/mol. The minimum atomic E-state index is -1.04. The van der Waals surface area contributed by atoms with Gasteiger partial charge >= 0.3 is 5.97 Å². The van der Waals surface area contributed by atoms with Crippen molar-refractivity contribution in [3.8, 4) is 0 Å². The molecule has 3 nitrogen and oxygen atoms in total. The lowest BCUT2D eigenvalue weighted by Crippen LogP contribution is -2.12. The van der Waals surface area contributed by atoms with Crippen LogP contribution in [0.2, 0.25) is 5.02 Å². The van der Waals surface area contributed by atoms with Crippen LogP contribution in [0.4, 0.5) is 0 Å². The molecule has 0 aliphatic heterocycles. The number of benzene rings is 1. The lowest BCUT2D eigenvalue weighted by Gasteiger charge is -2.10. The van der Waals surface area contributed by atoms with Gasteiger partial charge in [-0.2, -0.15) is 0 Å². The number of carboxylic acids is 1. The summed E-state index contributed by atoms with van der Waals surface area (Å²) in [6.45, 7) is 1.72. The summed E-state index contributed by atoms with van der Waals surface area (Å²) in [5.41, 5.74) is 6.25. The molecule has 0 aliphatic rings. The average Bonchev–Trinajstić information content (AvgIpc) is 2.02. The fraction of sp³-hybridized carbons (Fsp3) is 0.222. The summed E-state index contributed by atoms with van der Waals surface area (Å²) in [6.07, 6.45) is 0. The SMILES string of the molecule is CC(N)c1cccc(Cl)c1C(=O)O. The highest BCUT2D eigenvalue weighted by Crippen LogP contribution is 2.23. The van der Waals surface area contributed by atoms with Crippen LogP contribution in [0.5, 0.6) is 0 Å². The van der Waals surface area contributed by atoms with E-state index in [9.17, 15) is 4.79 Å². The molecule has 0 aliphatic carbocycles. The zero-order valence-electron chi connectivity index (χ0n) is 7.12. The molecular formula is C9H10ClNO2. The molecule has 0 fully saturated rings. The van der Waals surface area contributed by atoms with Crippen LogP contribution in [0, 0.1) is 0 Å². The van der Waals surface area contributed by atoms with Crippen molar-refractivity contribution in [3.63, 3.8) is 0 Å². The van der Waals surface area contributed by atoms with Gasteiger partial charge in [0.15, 0.2) is 0 Å². The van der Waals surface area contributed by atoms with Gasteiger partial charge in [0.05, 0.1) is 10.6 Å². The number of carboxylic acid groups (broad SMARTS) is 1. The lowest BCUT2D eigenvalue weighted by atomic mass is 10.0. The van der Waals surface area contributed by atoms with Crippen LogP contribution in [-0.2, 0) is 0 Å². The van der Waals surface area contributed by atoms with Crippen LogP contribution in [0.1, 0.15) is 28.9 Å². The second kappa shape index (κ2) is 3.77. The Kier molecular flexibility index (Phi) is 2.90. The maximum absolute atomic E-state index is 10.8. The Hall–Kier alpha value is -1.06. The first-order valence-electron chi connectivity index (χ1n) is 3.81. The summed E-state index contributed by atoms with van der Waals surface area (Å²) < 4.78 is 0. The number of nitrogens with two attached hydrogens (primary N) is 1. The normalized spacial score (nSPS) is 12.5. The zero-order valence-corrected chi connectivity index (χ0v) is 7.88. The summed E-state index contributed by atoms with van der Waals surface area (Å²) >= 11 is 5.73. The molecule has 1 aromatic rings. The minimum Gasteiger partial charge on any atom is -0.478 e. The number of hydrogen-bond acceptors (Lipinski definition) is 2. The fourth-order valence-corrected chi connectivity index (χ4v) is 1.41. The quantitative estimate of drug-likeness (QED) is 0.767. The standard InChI is InChI=1S/C9H10ClNO2/c1-5(11)6-3-2-4-7(10)8(6)9(12)13/h2-5H,11H2,1H3,(H,12,13). The fourth-order valence-electron chi connectivity index (χ4n) is 1.15. The van der Waals surface area contributed by atoms with E-state index in [1.165, 1.54) is 6.07 Å². The number of aromatic carboxylic acids is 1. The molecule has 0 saturated heterocycles. The van der Waals surface area contributed by atoms with Crippen molar-refractivity contribution in [2.75, 3.05) is 0 Å². The molecule has 0 aromatic heterocycles. The summed E-state index contributed by atoms with van der Waals surface area (Å²) in [7, 11) is 0. The Morgan fingerprint density at radius 1 is 1.62 bits per heavy atom. The van der Waals surface area contributed by atoms with Crippen LogP contribution < -0.4 is 5.73 Å². The van der Waals surface area contributed by atoms with Crippen molar-refractivity contribution in [1.82, 2.24) is 0 Å². The van der Waals surface area contributed by atoms with Crippen molar-refractivity contribution in [1.29, 1.82) is 0 Å². The van der Waals surface area contributed by atoms with Gasteiger partial charge in [0.1, 0.15) is 0 Å². The van der Waals surface area contributed by atoms with Crippen molar-refractivity contribution >= 4 is 17.6 Å². The molecule has 1 rings (SSSR count). The number of rotatable bonds is 2. The molecule has 0 radical (unpaired) electrons. The second-order valence-electron chi connectivity index (χ2n) is 2.80. The molecule has 1 aromatic carbocycles. The first-order valence-corrected chi connectivity index (χ1v) is 4.19. The van der Waals surface area contributed by atoms with Gasteiger partial charge in [0.2, 0.25) is 0 Å². The molecule has 70 valence electrons. The van der Waals surface area contributed by atoms with E-state index in [0.717, 1.165) is 0 Å². The van der Waals surface area contributed by atoms with E-state index < -0.39 is 5.97 Å². The summed E-state index contributed by atoms with van der Waals surface area (Å²) in [6, 6.07) is 4.56. The van der Waals surface area contributed by atoms with Gasteiger partial charge in [-0.1, -0.05) is 23.7 Å². The highest BCUT2D eigenvalue weighted by atomic mass is 35.5. The number of halogens is 1. The number of carbonyl (C=O) groups is 1. The average molecular weight is 200 g/mol. The molecule has 0 bridgehead atoms. The van der Waals surface area contributed by atoms with Gasteiger partial charge in [-0.25, -0.2) is 4.79 Å². The van der Waals surface area contributed by atoms with Crippen molar-refractivity contribution in [2.24, 2.45) is 5.73 Å². The molecule has 0 heterocycles. The van der Waals surface area contributed by atoms with Gasteiger partial charge in [0.25, 0.3) is 0 Å². The molecule has 1 unspecified atom stereocenters. The van der Waals surface area contributed by atoms with E-state index in [-0.39, 0.29) is 16.6 Å². The van der Waals surface area contributed by atoms with Crippen LogP contribution in [-0.4, -0.2) is 11.1 Å². The lowest BCUT2D eigenvalue weighted by molar-refractivity contribution is 0.0695. The predicted octanol–water partition coefficient (Wildman–Crippen LogP) is 2.06. The largest absolute Gasteiger partial charge is 0.478 e. The number of hydrogen-bond donors (Lipinski definition) is 2. The topological polar surface area (TPSA) is 63.3 Å². The van der Waals surface area contributed by atoms with E-state index in [1.54, 1.807) is 19.1 Å². The second-order valence-corrected chi connectivity index (χ2v) is 3.21. The Morgan fingerprint density at radius 3 is 2.62 bits per heavy atom. The van der Waals surface area contributed by atoms with E-state index in [4.69, 9.17) is 22.4 Å². The van der Waals surface area contributed by atoms with Crippen molar-refractivity contribution in [2.45, 2.75) is 13.0 Å². The molecular weight excluding hydrogens is 190 g/mol. The van der Waals surface area contributed by atoms with Crippen molar-refractivity contribution < 1.29 is 9.90 Å². The first kappa shape index (κ1) is 10.0. The first-order chi connectivity index (χ1) is 6.04. The van der Waals surface area contributed by atoms with Crippen molar-refractivity contribution in [3.05, 3.63) is 34.3 Å². The van der Waals surface area contributed by atoms with E-state index in [1.807, 2.05) is 0 Å². The van der Waals surface area contributed by atoms with Crippen LogP contribution in [0.25, 0.3) is 0 Å². The third-order valence-corrected chi connectivity index (χ3v) is 2.07. The Labute approximate surface area is 81.1 Å². The summed E-state index contributed by atoms with van der Waals surface area (Å²) in [5.74, 6) is -1.04. The van der Waals surface area contributed by atoms with Crippen LogP contribution >= 0.6 is 11.6 Å². The summed E-state index contributed by atoms with van der Waals surface area (Å²) in [5, 5.41) is 9.08. The molecule has 0 saturated carbocycles. The van der Waals surface area contributed by atoms with E-state index in [2.05, 4.69) is 0 Å². The molecule has 0 amide bonds. The highest BCUT2D eigenvalue weighted by molar-refractivity contribution is 6.33. The van der Waals surface area contributed by atoms with Gasteiger partial charge < -0.3 is 10.8 Å². The molecule has 0 spiro atoms. The van der Waals surface area contributed by atoms with Gasteiger partial charge in [-0.15, -0.1) is 0 Å². The smallest absolute Gasteiger partial charge is 0.337 e. The van der Waals surface area contributed by atoms with Crippen LogP contribution in [0.3, 0.4) is 0 Å². The summed E-state index contributed by atoms with van der Waals surface area (Å²) in [4.78, 5) is 10.8. The van der Waals surface area contributed by atoms with E-state index in [0.29, 0.717) is 5.56 Å². The Balaban J connectivity index is 3.34. The molecule has 13 heavy (non-hydrogen) atoms. The third kappa shape index (κ3) is 1.99. The van der Waals surface area contributed by atoms with Gasteiger partial charge in [0, 0.05) is 6.04 Å². The van der Waals surface area contributed by atoms with Crippen LogP contribution in [0.15, 0.2) is 18.2 Å². The highest BCUT2D eigenvalue weighted by Gasteiger charge is 2.15. The van der Waals surface area contributed by atoms with Gasteiger partial charge in [-0.05, 0) is 18.6 Å².